The number of anilines is 1. The normalized spacial score (nSPS) is 15.7. The van der Waals surface area contributed by atoms with E-state index in [1.165, 1.54) is 22.1 Å². The molecule has 0 spiro atoms. The molecule has 114 valence electrons. The lowest BCUT2D eigenvalue weighted by atomic mass is 9.92. The zero-order valence-electron chi connectivity index (χ0n) is 14.4. The van der Waals surface area contributed by atoms with E-state index in [1.54, 1.807) is 0 Å². The fraction of sp³-hybridized carbons (Fsp3) is 0.474. The van der Waals surface area contributed by atoms with Gasteiger partial charge < -0.3 is 4.90 Å². The van der Waals surface area contributed by atoms with Crippen LogP contribution in [0.3, 0.4) is 0 Å². The molecule has 1 nitrogen and oxygen atoms in total. The zero-order valence-corrected chi connectivity index (χ0v) is 15.3. The lowest BCUT2D eigenvalue weighted by molar-refractivity contribution is 0.829. The van der Waals surface area contributed by atoms with E-state index in [-0.39, 0.29) is 0 Å². The van der Waals surface area contributed by atoms with Crippen molar-refractivity contribution in [3.63, 3.8) is 0 Å². The first-order valence-corrected chi connectivity index (χ1v) is 10.9. The Morgan fingerprint density at radius 2 is 1.48 bits per heavy atom. The van der Waals surface area contributed by atoms with Crippen molar-refractivity contribution < 1.29 is 0 Å². The standard InChI is InChI=1S/C19H28NP/c1-14(2)17-9-8-10-18(15(3)4)19(17)20-12-11-16(13-20)21(5,6)7/h8-12,14-15H,1-7H3. The molecule has 0 aromatic heterocycles. The molecule has 0 atom stereocenters. The van der Waals surface area contributed by atoms with Crippen LogP contribution in [0.1, 0.15) is 50.7 Å². The Bertz CT molecular complexity index is 567. The van der Waals surface area contributed by atoms with Gasteiger partial charge >= 0.3 is 0 Å². The molecule has 0 fully saturated rings. The molecule has 0 saturated carbocycles. The van der Waals surface area contributed by atoms with Crippen LogP contribution in [0.25, 0.3) is 0 Å². The minimum atomic E-state index is -1.02. The summed E-state index contributed by atoms with van der Waals surface area (Å²) in [4.78, 5) is 2.23. The molecular weight excluding hydrogens is 273 g/mol. The number of rotatable bonds is 3. The fourth-order valence-electron chi connectivity index (χ4n) is 2.64. The van der Waals surface area contributed by atoms with Gasteiger partial charge in [0.1, 0.15) is 6.54 Å². The molecule has 1 aromatic rings. The van der Waals surface area contributed by atoms with Crippen LogP contribution >= 0.6 is 6.89 Å². The molecule has 21 heavy (non-hydrogen) atoms. The second kappa shape index (κ2) is 6.05. The van der Waals surface area contributed by atoms with E-state index in [9.17, 15) is 0 Å². The summed E-state index contributed by atoms with van der Waals surface area (Å²) < 4.78 is 0. The molecule has 1 aromatic carbocycles. The van der Waals surface area contributed by atoms with Crippen molar-refractivity contribution in [2.45, 2.75) is 39.5 Å². The van der Waals surface area contributed by atoms with E-state index < -0.39 is 6.89 Å². The SMILES string of the molecule is CC(C)c1cccc(C(C)C)c1N1[C]C(=P(C)(C)C)C=C1. The van der Waals surface area contributed by atoms with Crippen LogP contribution in [0.15, 0.2) is 30.5 Å². The maximum atomic E-state index is 3.63. The van der Waals surface area contributed by atoms with Crippen molar-refractivity contribution in [3.05, 3.63) is 48.1 Å². The highest BCUT2D eigenvalue weighted by atomic mass is 31.2. The molecule has 0 saturated heterocycles. The van der Waals surface area contributed by atoms with E-state index in [2.05, 4.69) is 89.6 Å². The predicted octanol–water partition coefficient (Wildman–Crippen LogP) is 5.39. The summed E-state index contributed by atoms with van der Waals surface area (Å²) in [7, 11) is 0. The van der Waals surface area contributed by atoms with Gasteiger partial charge in [-0.2, -0.15) is 0 Å². The monoisotopic (exact) mass is 301 g/mol. The summed E-state index contributed by atoms with van der Waals surface area (Å²) in [5, 5.41) is 1.37. The van der Waals surface area contributed by atoms with E-state index in [0.29, 0.717) is 11.8 Å². The topological polar surface area (TPSA) is 3.24 Å². The Kier molecular flexibility index (Phi) is 4.73. The molecule has 0 N–H and O–H groups in total. The number of nitrogens with zero attached hydrogens (tertiary/aromatic N) is 1. The lowest BCUT2D eigenvalue weighted by Gasteiger charge is -2.26. The zero-order chi connectivity index (χ0) is 15.8. The van der Waals surface area contributed by atoms with Crippen molar-refractivity contribution in [1.29, 1.82) is 0 Å². The third kappa shape index (κ3) is 3.46. The highest BCUT2D eigenvalue weighted by molar-refractivity contribution is 7.74. The van der Waals surface area contributed by atoms with Crippen molar-refractivity contribution in [2.75, 3.05) is 24.9 Å². The molecule has 2 heteroatoms. The predicted molar refractivity (Wildman–Crippen MR) is 99.2 cm³/mol. The molecule has 0 bridgehead atoms. The van der Waals surface area contributed by atoms with E-state index in [0.717, 1.165) is 0 Å². The number of hydrogen-bond donors (Lipinski definition) is 0. The molecule has 0 aliphatic carbocycles. The van der Waals surface area contributed by atoms with Crippen LogP contribution in [0.4, 0.5) is 5.69 Å². The second-order valence-corrected chi connectivity index (χ2v) is 11.8. The highest BCUT2D eigenvalue weighted by Crippen LogP contribution is 2.42. The van der Waals surface area contributed by atoms with Gasteiger partial charge in [0.05, 0.1) is 0 Å². The first-order chi connectivity index (χ1) is 9.71. The highest BCUT2D eigenvalue weighted by Gasteiger charge is 2.23. The Morgan fingerprint density at radius 1 is 0.952 bits per heavy atom. The quantitative estimate of drug-likeness (QED) is 0.677. The molecule has 1 aliphatic heterocycles. The second-order valence-electron chi connectivity index (χ2n) is 7.29. The Balaban J connectivity index is 2.52. The summed E-state index contributed by atoms with van der Waals surface area (Å²) in [6, 6.07) is 6.70. The Hall–Kier alpha value is -0.940. The van der Waals surface area contributed by atoms with E-state index in [4.69, 9.17) is 0 Å². The minimum absolute atomic E-state index is 0.516. The van der Waals surface area contributed by atoms with Crippen molar-refractivity contribution in [1.82, 2.24) is 0 Å². The van der Waals surface area contributed by atoms with E-state index in [1.807, 2.05) is 0 Å². The summed E-state index contributed by atoms with van der Waals surface area (Å²) >= 11 is 0. The molecule has 0 unspecified atom stereocenters. The van der Waals surface area contributed by atoms with Crippen LogP contribution in [-0.2, 0) is 0 Å². The Labute approximate surface area is 131 Å². The van der Waals surface area contributed by atoms with Crippen LogP contribution in [0.2, 0.25) is 0 Å². The average molecular weight is 301 g/mol. The smallest absolute Gasteiger partial charge is 0.131 e. The Morgan fingerprint density at radius 3 is 1.86 bits per heavy atom. The summed E-state index contributed by atoms with van der Waals surface area (Å²) in [5.74, 6) is 1.03. The molecule has 2 rings (SSSR count). The van der Waals surface area contributed by atoms with Gasteiger partial charge in [0, 0.05) is 11.9 Å². The molecule has 1 heterocycles. The van der Waals surface area contributed by atoms with Crippen molar-refractivity contribution in [2.24, 2.45) is 0 Å². The third-order valence-corrected chi connectivity index (χ3v) is 5.62. The minimum Gasteiger partial charge on any atom is -0.331 e. The number of hydrogen-bond acceptors (Lipinski definition) is 1. The van der Waals surface area contributed by atoms with E-state index >= 15 is 0 Å². The van der Waals surface area contributed by atoms with Gasteiger partial charge in [0.15, 0.2) is 0 Å². The lowest BCUT2D eigenvalue weighted by Crippen LogP contribution is -2.16. The van der Waals surface area contributed by atoms with Crippen LogP contribution in [0, 0.1) is 6.54 Å². The maximum absolute atomic E-state index is 3.63. The number of benzene rings is 1. The fourth-order valence-corrected chi connectivity index (χ4v) is 3.56. The molecular formula is C19H28NP. The summed E-state index contributed by atoms with van der Waals surface area (Å²) in [6.07, 6.45) is 4.43. The summed E-state index contributed by atoms with van der Waals surface area (Å²) in [6.45, 7) is 18.7. The third-order valence-electron chi connectivity index (χ3n) is 3.92. The van der Waals surface area contributed by atoms with Gasteiger partial charge in [-0.05, 0) is 54.3 Å². The van der Waals surface area contributed by atoms with Crippen LogP contribution in [-0.4, -0.2) is 25.3 Å². The van der Waals surface area contributed by atoms with Gasteiger partial charge in [0.2, 0.25) is 0 Å². The largest absolute Gasteiger partial charge is 0.331 e. The first-order valence-electron chi connectivity index (χ1n) is 7.77. The van der Waals surface area contributed by atoms with Crippen molar-refractivity contribution in [3.8, 4) is 0 Å². The number of para-hydroxylation sites is 1. The van der Waals surface area contributed by atoms with Crippen LogP contribution < -0.4 is 4.90 Å². The average Bonchev–Trinajstić information content (AvgIpc) is 2.86. The molecule has 1 aliphatic rings. The van der Waals surface area contributed by atoms with Gasteiger partial charge in [0.25, 0.3) is 0 Å². The van der Waals surface area contributed by atoms with Gasteiger partial charge in [-0.3, -0.25) is 0 Å². The molecule has 0 amide bonds. The van der Waals surface area contributed by atoms with Gasteiger partial charge in [-0.15, -0.1) is 6.89 Å². The first kappa shape index (κ1) is 16.4. The van der Waals surface area contributed by atoms with Gasteiger partial charge in [-0.1, -0.05) is 45.9 Å². The molecule has 2 radical (unpaired) electrons. The van der Waals surface area contributed by atoms with Gasteiger partial charge in [-0.25, -0.2) is 0 Å². The van der Waals surface area contributed by atoms with Crippen LogP contribution in [0.5, 0.6) is 0 Å². The summed E-state index contributed by atoms with van der Waals surface area (Å²) in [5.41, 5.74) is 4.15. The van der Waals surface area contributed by atoms with Crippen molar-refractivity contribution >= 4 is 17.9 Å². The maximum Gasteiger partial charge on any atom is 0.131 e.